The summed E-state index contributed by atoms with van der Waals surface area (Å²) in [7, 11) is 0. The molecular weight excluding hydrogens is 298 g/mol. The quantitative estimate of drug-likeness (QED) is 0.395. The van der Waals surface area contributed by atoms with Gasteiger partial charge in [0.05, 0.1) is 0 Å². The Kier molecular flexibility index (Phi) is 3.78. The number of rotatable bonds is 3. The number of hydrogen-bond acceptors (Lipinski definition) is 4. The van der Waals surface area contributed by atoms with Crippen LogP contribution in [0.1, 0.15) is 5.56 Å². The molecule has 3 N–H and O–H groups in total. The Hall–Kier alpha value is -2.08. The number of aromatic nitrogens is 1. The zero-order valence-electron chi connectivity index (χ0n) is 9.25. The first-order valence-corrected chi connectivity index (χ1v) is 5.86. The second-order valence-corrected chi connectivity index (χ2v) is 4.35. The van der Waals surface area contributed by atoms with Gasteiger partial charge in [0.15, 0.2) is 5.84 Å². The van der Waals surface area contributed by atoms with Crippen LogP contribution in [-0.4, -0.2) is 16.0 Å². The van der Waals surface area contributed by atoms with Crippen LogP contribution in [0.3, 0.4) is 0 Å². The third-order valence-electron chi connectivity index (χ3n) is 2.16. The van der Waals surface area contributed by atoms with Gasteiger partial charge in [-0.3, -0.25) is 0 Å². The Morgan fingerprint density at radius 3 is 2.78 bits per heavy atom. The van der Waals surface area contributed by atoms with Crippen LogP contribution in [0.2, 0.25) is 0 Å². The summed E-state index contributed by atoms with van der Waals surface area (Å²) in [4.78, 5) is 4.06. The fourth-order valence-corrected chi connectivity index (χ4v) is 1.68. The van der Waals surface area contributed by atoms with Crippen LogP contribution < -0.4 is 10.5 Å². The van der Waals surface area contributed by atoms with Gasteiger partial charge < -0.3 is 15.7 Å². The van der Waals surface area contributed by atoms with E-state index < -0.39 is 0 Å². The van der Waals surface area contributed by atoms with E-state index in [0.29, 0.717) is 17.2 Å². The molecule has 1 heterocycles. The van der Waals surface area contributed by atoms with Crippen molar-refractivity contribution in [3.63, 3.8) is 0 Å². The summed E-state index contributed by atoms with van der Waals surface area (Å²) in [5.41, 5.74) is 5.96. The van der Waals surface area contributed by atoms with Crippen LogP contribution >= 0.6 is 15.9 Å². The fourth-order valence-electron chi connectivity index (χ4n) is 1.30. The number of nitrogens with zero attached hydrogens (tertiary/aromatic N) is 2. The van der Waals surface area contributed by atoms with Crippen molar-refractivity contribution in [3.8, 4) is 11.6 Å². The summed E-state index contributed by atoms with van der Waals surface area (Å²) in [6, 6.07) is 10.7. The summed E-state index contributed by atoms with van der Waals surface area (Å²) in [6.07, 6.45) is 1.47. The smallest absolute Gasteiger partial charge is 0.219 e. The van der Waals surface area contributed by atoms with Crippen LogP contribution in [0.25, 0.3) is 0 Å². The number of oxime groups is 1. The predicted molar refractivity (Wildman–Crippen MR) is 71.0 cm³/mol. The third-order valence-corrected chi connectivity index (χ3v) is 2.65. The topological polar surface area (TPSA) is 80.7 Å². The number of pyridine rings is 1. The van der Waals surface area contributed by atoms with Crippen LogP contribution in [0.4, 0.5) is 0 Å². The maximum atomic E-state index is 8.52. The highest BCUT2D eigenvalue weighted by Gasteiger charge is 2.02. The first-order valence-electron chi connectivity index (χ1n) is 5.06. The van der Waals surface area contributed by atoms with Crippen molar-refractivity contribution in [3.05, 3.63) is 52.6 Å². The molecule has 1 aromatic carbocycles. The second kappa shape index (κ2) is 5.50. The van der Waals surface area contributed by atoms with E-state index in [0.717, 1.165) is 4.47 Å². The number of benzene rings is 1. The van der Waals surface area contributed by atoms with Gasteiger partial charge in [0.2, 0.25) is 5.88 Å². The van der Waals surface area contributed by atoms with E-state index in [9.17, 15) is 0 Å². The molecule has 0 saturated heterocycles. The van der Waals surface area contributed by atoms with E-state index in [-0.39, 0.29) is 5.84 Å². The van der Waals surface area contributed by atoms with Crippen molar-refractivity contribution in [2.75, 3.05) is 0 Å². The minimum atomic E-state index is 0.0107. The normalized spacial score (nSPS) is 11.3. The Morgan fingerprint density at radius 1 is 1.33 bits per heavy atom. The van der Waals surface area contributed by atoms with Crippen LogP contribution in [0.15, 0.2) is 52.2 Å². The van der Waals surface area contributed by atoms with Gasteiger partial charge >= 0.3 is 0 Å². The summed E-state index contributed by atoms with van der Waals surface area (Å²) in [5.74, 6) is 1.12. The van der Waals surface area contributed by atoms with E-state index in [1.165, 1.54) is 6.20 Å². The van der Waals surface area contributed by atoms with Crippen molar-refractivity contribution >= 4 is 21.8 Å². The molecule has 0 fully saturated rings. The highest BCUT2D eigenvalue weighted by Crippen LogP contribution is 2.22. The number of amidine groups is 1. The molecule has 0 atom stereocenters. The summed E-state index contributed by atoms with van der Waals surface area (Å²) in [6.45, 7) is 0. The molecule has 0 aliphatic rings. The highest BCUT2D eigenvalue weighted by atomic mass is 79.9. The maximum Gasteiger partial charge on any atom is 0.219 e. The largest absolute Gasteiger partial charge is 0.439 e. The van der Waals surface area contributed by atoms with Crippen molar-refractivity contribution in [2.45, 2.75) is 0 Å². The lowest BCUT2D eigenvalue weighted by Crippen LogP contribution is -2.13. The Labute approximate surface area is 112 Å². The molecule has 5 nitrogen and oxygen atoms in total. The molecule has 18 heavy (non-hydrogen) atoms. The lowest BCUT2D eigenvalue weighted by molar-refractivity contribution is 0.318. The number of nitrogens with two attached hydrogens (primary N) is 1. The molecule has 1 aromatic heterocycles. The van der Waals surface area contributed by atoms with Gasteiger partial charge in [-0.05, 0) is 24.3 Å². The molecular formula is C12H10BrN3O2. The van der Waals surface area contributed by atoms with E-state index in [4.69, 9.17) is 15.7 Å². The van der Waals surface area contributed by atoms with Gasteiger partial charge in [-0.1, -0.05) is 27.2 Å². The maximum absolute atomic E-state index is 8.52. The molecule has 92 valence electrons. The molecule has 0 spiro atoms. The SMILES string of the molecule is N/C(=N\O)c1ccc(Oc2cccc(Br)c2)nc1. The average molecular weight is 308 g/mol. The zero-order valence-corrected chi connectivity index (χ0v) is 10.8. The van der Waals surface area contributed by atoms with Gasteiger partial charge in [-0.15, -0.1) is 0 Å². The number of halogens is 1. The first kappa shape index (κ1) is 12.4. The molecule has 2 rings (SSSR count). The minimum absolute atomic E-state index is 0.0107. The van der Waals surface area contributed by atoms with E-state index in [2.05, 4.69) is 26.1 Å². The molecule has 0 saturated carbocycles. The monoisotopic (exact) mass is 307 g/mol. The molecule has 0 aliphatic carbocycles. The molecule has 0 unspecified atom stereocenters. The fraction of sp³-hybridized carbons (Fsp3) is 0. The van der Waals surface area contributed by atoms with Crippen molar-refractivity contribution in [1.29, 1.82) is 0 Å². The molecule has 6 heteroatoms. The van der Waals surface area contributed by atoms with Crippen LogP contribution in [0, 0.1) is 0 Å². The van der Waals surface area contributed by atoms with Crippen LogP contribution in [0.5, 0.6) is 11.6 Å². The molecule has 2 aromatic rings. The van der Waals surface area contributed by atoms with Gasteiger partial charge in [0.25, 0.3) is 0 Å². The summed E-state index contributed by atoms with van der Waals surface area (Å²) >= 11 is 3.36. The van der Waals surface area contributed by atoms with Gasteiger partial charge in [0, 0.05) is 22.3 Å². The zero-order chi connectivity index (χ0) is 13.0. The van der Waals surface area contributed by atoms with Gasteiger partial charge in [-0.25, -0.2) is 4.98 Å². The standard InChI is InChI=1S/C12H10BrN3O2/c13-9-2-1-3-10(6-9)18-11-5-4-8(7-15-11)12(14)16-17/h1-7,17H,(H2,14,16). The van der Waals surface area contributed by atoms with E-state index in [1.54, 1.807) is 12.1 Å². The summed E-state index contributed by atoms with van der Waals surface area (Å²) in [5, 5.41) is 11.4. The third kappa shape index (κ3) is 2.98. The molecule has 0 amide bonds. The Balaban J connectivity index is 2.16. The summed E-state index contributed by atoms with van der Waals surface area (Å²) < 4.78 is 6.47. The van der Waals surface area contributed by atoms with Crippen molar-refractivity contribution in [1.82, 2.24) is 4.98 Å². The average Bonchev–Trinajstić information content (AvgIpc) is 2.39. The van der Waals surface area contributed by atoms with Crippen molar-refractivity contribution in [2.24, 2.45) is 10.9 Å². The van der Waals surface area contributed by atoms with Crippen LogP contribution in [-0.2, 0) is 0 Å². The van der Waals surface area contributed by atoms with E-state index in [1.807, 2.05) is 24.3 Å². The molecule has 0 bridgehead atoms. The molecule has 0 aliphatic heterocycles. The Bertz CT molecular complexity index is 570. The lowest BCUT2D eigenvalue weighted by Gasteiger charge is -2.05. The highest BCUT2D eigenvalue weighted by molar-refractivity contribution is 9.10. The van der Waals surface area contributed by atoms with Gasteiger partial charge in [-0.2, -0.15) is 0 Å². The lowest BCUT2D eigenvalue weighted by atomic mass is 10.3. The number of ether oxygens (including phenoxy) is 1. The second-order valence-electron chi connectivity index (χ2n) is 3.43. The van der Waals surface area contributed by atoms with Gasteiger partial charge in [0.1, 0.15) is 5.75 Å². The molecule has 0 radical (unpaired) electrons. The first-order chi connectivity index (χ1) is 8.69. The van der Waals surface area contributed by atoms with E-state index >= 15 is 0 Å². The van der Waals surface area contributed by atoms with Crippen molar-refractivity contribution < 1.29 is 9.94 Å². The predicted octanol–water partition coefficient (Wildman–Crippen LogP) is 2.73. The Morgan fingerprint density at radius 2 is 2.17 bits per heavy atom. The minimum Gasteiger partial charge on any atom is -0.439 e. The number of hydrogen-bond donors (Lipinski definition) is 2.